The van der Waals surface area contributed by atoms with Crippen molar-refractivity contribution in [1.29, 1.82) is 0 Å². The van der Waals surface area contributed by atoms with E-state index >= 15 is 0 Å². The maximum atomic E-state index is 12.5. The summed E-state index contributed by atoms with van der Waals surface area (Å²) in [6.07, 6.45) is 11.7. The second-order valence-electron chi connectivity index (χ2n) is 7.49. The van der Waals surface area contributed by atoms with Crippen molar-refractivity contribution in [2.24, 2.45) is 11.8 Å². The summed E-state index contributed by atoms with van der Waals surface area (Å²) in [6.45, 7) is 3.55. The van der Waals surface area contributed by atoms with Crippen LogP contribution in [0.25, 0.3) is 0 Å². The van der Waals surface area contributed by atoms with Crippen molar-refractivity contribution in [3.63, 3.8) is 0 Å². The Labute approximate surface area is 156 Å². The third kappa shape index (κ3) is 5.41. The molecule has 0 spiro atoms. The minimum absolute atomic E-state index is 0.200. The molecular weight excluding hydrogens is 324 g/mol. The number of carbonyl (C=O) groups is 1. The highest BCUT2D eigenvalue weighted by molar-refractivity contribution is 5.78. The van der Waals surface area contributed by atoms with E-state index < -0.39 is 0 Å². The van der Waals surface area contributed by atoms with Gasteiger partial charge in [0.2, 0.25) is 5.91 Å². The lowest BCUT2D eigenvalue weighted by Gasteiger charge is -2.27. The summed E-state index contributed by atoms with van der Waals surface area (Å²) in [6, 6.07) is 8.30. The van der Waals surface area contributed by atoms with Gasteiger partial charge in [-0.25, -0.2) is 9.67 Å². The number of nitrogens with one attached hydrogen (secondary N) is 1. The van der Waals surface area contributed by atoms with Crippen molar-refractivity contribution >= 4 is 5.91 Å². The summed E-state index contributed by atoms with van der Waals surface area (Å²) in [7, 11) is 0. The quantitative estimate of drug-likeness (QED) is 0.781. The number of hydrogen-bond donors (Lipinski definition) is 1. The number of nitrogens with zero attached hydrogens (tertiary/aromatic N) is 3. The van der Waals surface area contributed by atoms with Gasteiger partial charge >= 0.3 is 0 Å². The van der Waals surface area contributed by atoms with E-state index in [0.717, 1.165) is 24.3 Å². The monoisotopic (exact) mass is 354 g/mol. The molecule has 1 saturated carbocycles. The Hall–Kier alpha value is -2.17. The molecule has 140 valence electrons. The molecule has 1 fully saturated rings. The number of benzene rings is 1. The predicted molar refractivity (Wildman–Crippen MR) is 102 cm³/mol. The number of amides is 1. The van der Waals surface area contributed by atoms with Gasteiger partial charge in [-0.15, -0.1) is 0 Å². The van der Waals surface area contributed by atoms with Crippen LogP contribution in [0, 0.1) is 11.8 Å². The molecule has 1 heterocycles. The molecule has 5 heteroatoms. The summed E-state index contributed by atoms with van der Waals surface area (Å²) in [4.78, 5) is 16.5. The molecule has 0 saturated heterocycles. The van der Waals surface area contributed by atoms with Crippen molar-refractivity contribution in [2.75, 3.05) is 0 Å². The predicted octanol–water partition coefficient (Wildman–Crippen LogP) is 3.94. The first-order valence-corrected chi connectivity index (χ1v) is 9.92. The van der Waals surface area contributed by atoms with Gasteiger partial charge in [0.25, 0.3) is 0 Å². The van der Waals surface area contributed by atoms with Crippen LogP contribution in [0.15, 0.2) is 36.9 Å². The van der Waals surface area contributed by atoms with Gasteiger partial charge in [0.15, 0.2) is 0 Å². The average molecular weight is 354 g/mol. The maximum Gasteiger partial charge on any atom is 0.223 e. The average Bonchev–Trinajstić information content (AvgIpc) is 3.18. The summed E-state index contributed by atoms with van der Waals surface area (Å²) in [5.41, 5.74) is 2.30. The van der Waals surface area contributed by atoms with Crippen LogP contribution in [-0.2, 0) is 17.9 Å². The number of hydrogen-bond acceptors (Lipinski definition) is 3. The summed E-state index contributed by atoms with van der Waals surface area (Å²) in [5, 5.41) is 7.28. The maximum absolute atomic E-state index is 12.5. The number of rotatable bonds is 8. The van der Waals surface area contributed by atoms with Gasteiger partial charge in [0, 0.05) is 12.5 Å². The van der Waals surface area contributed by atoms with Crippen LogP contribution < -0.4 is 5.32 Å². The molecule has 1 aliphatic rings. The van der Waals surface area contributed by atoms with E-state index in [1.165, 1.54) is 37.7 Å². The third-order valence-corrected chi connectivity index (χ3v) is 5.45. The molecule has 3 rings (SSSR count). The zero-order chi connectivity index (χ0) is 18.2. The molecule has 5 nitrogen and oxygen atoms in total. The Kier molecular flexibility index (Phi) is 6.81. The second kappa shape index (κ2) is 9.51. The lowest BCUT2D eigenvalue weighted by molar-refractivity contribution is -0.126. The second-order valence-corrected chi connectivity index (χ2v) is 7.49. The van der Waals surface area contributed by atoms with E-state index in [4.69, 9.17) is 0 Å². The van der Waals surface area contributed by atoms with Crippen LogP contribution in [0.5, 0.6) is 0 Å². The Morgan fingerprint density at radius 2 is 2.04 bits per heavy atom. The van der Waals surface area contributed by atoms with Crippen molar-refractivity contribution in [2.45, 2.75) is 65.0 Å². The van der Waals surface area contributed by atoms with Gasteiger partial charge in [-0.2, -0.15) is 5.10 Å². The lowest BCUT2D eigenvalue weighted by Crippen LogP contribution is -2.32. The molecule has 1 aromatic heterocycles. The molecule has 0 unspecified atom stereocenters. The normalized spacial score (nSPS) is 20.0. The van der Waals surface area contributed by atoms with Crippen LogP contribution in [0.2, 0.25) is 0 Å². The Balaban J connectivity index is 1.44. The Bertz CT molecular complexity index is 675. The fourth-order valence-electron chi connectivity index (χ4n) is 3.88. The van der Waals surface area contributed by atoms with Crippen LogP contribution >= 0.6 is 0 Å². The zero-order valence-electron chi connectivity index (χ0n) is 15.7. The summed E-state index contributed by atoms with van der Waals surface area (Å²) in [5.74, 6) is 1.26. The van der Waals surface area contributed by atoms with Crippen LogP contribution in [-0.4, -0.2) is 20.7 Å². The Morgan fingerprint density at radius 1 is 1.23 bits per heavy atom. The third-order valence-electron chi connectivity index (χ3n) is 5.45. The molecule has 1 amide bonds. The molecule has 26 heavy (non-hydrogen) atoms. The number of carbonyl (C=O) groups excluding carboxylic acids is 1. The van der Waals surface area contributed by atoms with Gasteiger partial charge in [0.1, 0.15) is 12.7 Å². The van der Waals surface area contributed by atoms with Gasteiger partial charge in [0.05, 0.1) is 6.54 Å². The molecule has 0 atom stereocenters. The van der Waals surface area contributed by atoms with E-state index in [-0.39, 0.29) is 11.8 Å². The molecule has 1 aromatic carbocycles. The lowest BCUT2D eigenvalue weighted by atomic mass is 9.79. The van der Waals surface area contributed by atoms with E-state index in [1.54, 1.807) is 17.3 Å². The largest absolute Gasteiger partial charge is 0.352 e. The van der Waals surface area contributed by atoms with Crippen molar-refractivity contribution in [3.8, 4) is 0 Å². The van der Waals surface area contributed by atoms with Gasteiger partial charge in [-0.1, -0.05) is 50.5 Å². The minimum Gasteiger partial charge on any atom is -0.352 e. The number of aromatic nitrogens is 3. The smallest absolute Gasteiger partial charge is 0.223 e. The highest BCUT2D eigenvalue weighted by Crippen LogP contribution is 2.32. The van der Waals surface area contributed by atoms with Crippen molar-refractivity contribution < 1.29 is 4.79 Å². The van der Waals surface area contributed by atoms with Crippen LogP contribution in [0.3, 0.4) is 0 Å². The first kappa shape index (κ1) is 18.6. The fraction of sp³-hybridized carbons (Fsp3) is 0.571. The fourth-order valence-corrected chi connectivity index (χ4v) is 3.88. The molecule has 0 bridgehead atoms. The Morgan fingerprint density at radius 3 is 2.77 bits per heavy atom. The first-order valence-electron chi connectivity index (χ1n) is 9.92. The zero-order valence-corrected chi connectivity index (χ0v) is 15.7. The SMILES string of the molecule is CCCCC1CCC(C(=O)NCc2cccc(Cn3cncn3)c2)CC1. The standard InChI is InChI=1S/C21H30N4O/c1-2-3-5-17-8-10-20(11-9-17)21(26)23-13-18-6-4-7-19(12-18)14-25-16-22-15-24-25/h4,6-7,12,15-17,20H,2-3,5,8-11,13-14H2,1H3,(H,23,26). The molecule has 1 aliphatic carbocycles. The van der Waals surface area contributed by atoms with Gasteiger partial charge < -0.3 is 5.32 Å². The summed E-state index contributed by atoms with van der Waals surface area (Å²) < 4.78 is 1.80. The van der Waals surface area contributed by atoms with E-state index in [9.17, 15) is 4.79 Å². The number of unbranched alkanes of at least 4 members (excludes halogenated alkanes) is 1. The highest BCUT2D eigenvalue weighted by atomic mass is 16.1. The molecule has 2 aromatic rings. The summed E-state index contributed by atoms with van der Waals surface area (Å²) >= 11 is 0. The molecule has 0 aliphatic heterocycles. The van der Waals surface area contributed by atoms with Gasteiger partial charge in [-0.05, 0) is 42.7 Å². The topological polar surface area (TPSA) is 59.8 Å². The van der Waals surface area contributed by atoms with Crippen molar-refractivity contribution in [3.05, 3.63) is 48.0 Å². The first-order chi connectivity index (χ1) is 12.7. The van der Waals surface area contributed by atoms with E-state index in [0.29, 0.717) is 13.1 Å². The van der Waals surface area contributed by atoms with Crippen LogP contribution in [0.1, 0.15) is 63.0 Å². The highest BCUT2D eigenvalue weighted by Gasteiger charge is 2.25. The van der Waals surface area contributed by atoms with Crippen LogP contribution in [0.4, 0.5) is 0 Å². The molecule has 1 N–H and O–H groups in total. The van der Waals surface area contributed by atoms with E-state index in [1.807, 2.05) is 6.07 Å². The van der Waals surface area contributed by atoms with E-state index in [2.05, 4.69) is 40.5 Å². The molecule has 0 radical (unpaired) electrons. The van der Waals surface area contributed by atoms with Gasteiger partial charge in [-0.3, -0.25) is 4.79 Å². The minimum atomic E-state index is 0.200. The van der Waals surface area contributed by atoms with Crippen molar-refractivity contribution in [1.82, 2.24) is 20.1 Å². The molecular formula is C21H30N4O.